The van der Waals surface area contributed by atoms with Crippen LogP contribution in [0, 0.1) is 0 Å². The van der Waals surface area contributed by atoms with Gasteiger partial charge in [0.15, 0.2) is 0 Å². The van der Waals surface area contributed by atoms with Gasteiger partial charge in [-0.15, -0.1) is 11.3 Å². The summed E-state index contributed by atoms with van der Waals surface area (Å²) >= 11 is 1.50. The number of thiazole rings is 1. The summed E-state index contributed by atoms with van der Waals surface area (Å²) in [4.78, 5) is 28.3. The van der Waals surface area contributed by atoms with Gasteiger partial charge in [-0.3, -0.25) is 14.8 Å². The first kappa shape index (κ1) is 13.3. The van der Waals surface area contributed by atoms with Crippen molar-refractivity contribution in [1.29, 1.82) is 0 Å². The standard InChI is InChI=1S/C14H11N5OS/c20-13(12-8-15-5-6-17-12)18-7-10-9-21-14(19-10)11-3-1-2-4-16-11/h1-6,8-9H,7H2,(H,18,20). The Morgan fingerprint density at radius 3 is 2.90 bits per heavy atom. The zero-order chi connectivity index (χ0) is 14.5. The Labute approximate surface area is 125 Å². The molecular weight excluding hydrogens is 286 g/mol. The van der Waals surface area contributed by atoms with Gasteiger partial charge >= 0.3 is 0 Å². The fourth-order valence-electron chi connectivity index (χ4n) is 1.67. The van der Waals surface area contributed by atoms with Gasteiger partial charge in [-0.05, 0) is 12.1 Å². The van der Waals surface area contributed by atoms with Crippen molar-refractivity contribution >= 4 is 17.2 Å². The number of pyridine rings is 1. The first-order chi connectivity index (χ1) is 10.3. The van der Waals surface area contributed by atoms with E-state index in [0.717, 1.165) is 16.4 Å². The van der Waals surface area contributed by atoms with Gasteiger partial charge in [0.25, 0.3) is 5.91 Å². The van der Waals surface area contributed by atoms with Crippen LogP contribution in [0.15, 0.2) is 48.4 Å². The van der Waals surface area contributed by atoms with Crippen LogP contribution in [0.25, 0.3) is 10.7 Å². The van der Waals surface area contributed by atoms with E-state index in [1.807, 2.05) is 23.6 Å². The quantitative estimate of drug-likeness (QED) is 0.795. The van der Waals surface area contributed by atoms with Crippen LogP contribution in [-0.4, -0.2) is 25.8 Å². The number of nitrogens with one attached hydrogen (secondary N) is 1. The summed E-state index contributed by atoms with van der Waals surface area (Å²) in [5.74, 6) is -0.268. The molecule has 7 heteroatoms. The minimum absolute atomic E-state index is 0.268. The molecule has 0 saturated heterocycles. The summed E-state index contributed by atoms with van der Waals surface area (Å²) in [5.41, 5.74) is 1.91. The van der Waals surface area contributed by atoms with Gasteiger partial charge in [0.05, 0.1) is 24.1 Å². The highest BCUT2D eigenvalue weighted by Crippen LogP contribution is 2.21. The molecule has 0 bridgehead atoms. The fraction of sp³-hybridized carbons (Fsp3) is 0.0714. The molecule has 3 aromatic heterocycles. The Morgan fingerprint density at radius 2 is 2.14 bits per heavy atom. The lowest BCUT2D eigenvalue weighted by Gasteiger charge is -2.01. The highest BCUT2D eigenvalue weighted by molar-refractivity contribution is 7.13. The molecule has 0 saturated carbocycles. The molecule has 3 heterocycles. The van der Waals surface area contributed by atoms with E-state index in [1.54, 1.807) is 6.20 Å². The number of hydrogen-bond acceptors (Lipinski definition) is 6. The van der Waals surface area contributed by atoms with Gasteiger partial charge in [0, 0.05) is 24.0 Å². The summed E-state index contributed by atoms with van der Waals surface area (Å²) in [6, 6.07) is 5.68. The number of carbonyl (C=O) groups is 1. The van der Waals surface area contributed by atoms with Crippen molar-refractivity contribution in [2.45, 2.75) is 6.54 Å². The van der Waals surface area contributed by atoms with Crippen molar-refractivity contribution in [3.63, 3.8) is 0 Å². The van der Waals surface area contributed by atoms with Crippen molar-refractivity contribution < 1.29 is 4.79 Å². The second-order valence-electron chi connectivity index (χ2n) is 4.13. The summed E-state index contributed by atoms with van der Waals surface area (Å²) in [6.07, 6.45) is 6.16. The van der Waals surface area contributed by atoms with Crippen molar-refractivity contribution in [2.24, 2.45) is 0 Å². The predicted molar refractivity (Wildman–Crippen MR) is 78.5 cm³/mol. The molecule has 0 aliphatic rings. The molecule has 0 unspecified atom stereocenters. The predicted octanol–water partition coefficient (Wildman–Crippen LogP) is 1.93. The molecule has 1 amide bonds. The van der Waals surface area contributed by atoms with E-state index >= 15 is 0 Å². The molecule has 0 aromatic carbocycles. The molecule has 0 aliphatic carbocycles. The van der Waals surface area contributed by atoms with Gasteiger partial charge in [-0.1, -0.05) is 6.07 Å². The Kier molecular flexibility index (Phi) is 3.92. The van der Waals surface area contributed by atoms with Crippen LogP contribution >= 0.6 is 11.3 Å². The van der Waals surface area contributed by atoms with Crippen LogP contribution in [0.5, 0.6) is 0 Å². The van der Waals surface area contributed by atoms with Crippen LogP contribution in [0.3, 0.4) is 0 Å². The number of hydrogen-bond donors (Lipinski definition) is 1. The van der Waals surface area contributed by atoms with Gasteiger partial charge in [-0.25, -0.2) is 9.97 Å². The highest BCUT2D eigenvalue weighted by atomic mass is 32.1. The molecule has 0 atom stereocenters. The molecular formula is C14H11N5OS. The van der Waals surface area contributed by atoms with E-state index in [-0.39, 0.29) is 11.6 Å². The normalized spacial score (nSPS) is 10.3. The molecule has 0 aliphatic heterocycles. The van der Waals surface area contributed by atoms with E-state index in [1.165, 1.54) is 29.9 Å². The van der Waals surface area contributed by atoms with E-state index in [9.17, 15) is 4.79 Å². The number of amides is 1. The zero-order valence-corrected chi connectivity index (χ0v) is 11.7. The lowest BCUT2D eigenvalue weighted by atomic mass is 10.3. The third-order valence-corrected chi connectivity index (χ3v) is 3.58. The van der Waals surface area contributed by atoms with E-state index in [2.05, 4.69) is 25.3 Å². The summed E-state index contributed by atoms with van der Waals surface area (Å²) in [6.45, 7) is 0.346. The summed E-state index contributed by atoms with van der Waals surface area (Å²) < 4.78 is 0. The highest BCUT2D eigenvalue weighted by Gasteiger charge is 2.09. The third-order valence-electron chi connectivity index (χ3n) is 2.66. The average molecular weight is 297 g/mol. The van der Waals surface area contributed by atoms with E-state index in [4.69, 9.17) is 0 Å². The summed E-state index contributed by atoms with van der Waals surface area (Å²) in [5, 5.41) is 5.50. The van der Waals surface area contributed by atoms with Crippen molar-refractivity contribution in [1.82, 2.24) is 25.3 Å². The Bertz CT molecular complexity index is 729. The van der Waals surface area contributed by atoms with E-state index < -0.39 is 0 Å². The SMILES string of the molecule is O=C(NCc1csc(-c2ccccn2)n1)c1cnccn1. The molecule has 21 heavy (non-hydrogen) atoms. The number of carbonyl (C=O) groups excluding carboxylic acids is 1. The van der Waals surface area contributed by atoms with Crippen molar-refractivity contribution in [3.8, 4) is 10.7 Å². The second-order valence-corrected chi connectivity index (χ2v) is 4.99. The molecule has 0 radical (unpaired) electrons. The maximum absolute atomic E-state index is 11.8. The molecule has 104 valence electrons. The Morgan fingerprint density at radius 1 is 1.19 bits per heavy atom. The summed E-state index contributed by atoms with van der Waals surface area (Å²) in [7, 11) is 0. The van der Waals surface area contributed by atoms with Gasteiger partial charge in [-0.2, -0.15) is 0 Å². The first-order valence-corrected chi connectivity index (χ1v) is 7.11. The molecule has 3 rings (SSSR count). The average Bonchev–Trinajstić information content (AvgIpc) is 3.03. The van der Waals surface area contributed by atoms with Crippen LogP contribution in [0.2, 0.25) is 0 Å². The minimum atomic E-state index is -0.268. The fourth-order valence-corrected chi connectivity index (χ4v) is 2.47. The lowest BCUT2D eigenvalue weighted by molar-refractivity contribution is 0.0945. The molecule has 1 N–H and O–H groups in total. The van der Waals surface area contributed by atoms with Crippen molar-refractivity contribution in [3.05, 3.63) is 59.8 Å². The third kappa shape index (κ3) is 3.26. The van der Waals surface area contributed by atoms with Crippen LogP contribution in [0.1, 0.15) is 16.2 Å². The first-order valence-electron chi connectivity index (χ1n) is 6.23. The Hall–Kier alpha value is -2.67. The second kappa shape index (κ2) is 6.19. The van der Waals surface area contributed by atoms with Crippen LogP contribution < -0.4 is 5.32 Å². The van der Waals surface area contributed by atoms with Gasteiger partial charge in [0.2, 0.25) is 0 Å². The molecule has 3 aromatic rings. The molecule has 0 fully saturated rings. The molecule has 0 spiro atoms. The van der Waals surface area contributed by atoms with Gasteiger partial charge in [0.1, 0.15) is 10.7 Å². The largest absolute Gasteiger partial charge is 0.345 e. The van der Waals surface area contributed by atoms with E-state index in [0.29, 0.717) is 6.54 Å². The monoisotopic (exact) mass is 297 g/mol. The number of aromatic nitrogens is 4. The number of nitrogens with zero attached hydrogens (tertiary/aromatic N) is 4. The van der Waals surface area contributed by atoms with Crippen molar-refractivity contribution in [2.75, 3.05) is 0 Å². The molecule has 6 nitrogen and oxygen atoms in total. The lowest BCUT2D eigenvalue weighted by Crippen LogP contribution is -2.24. The number of rotatable bonds is 4. The van der Waals surface area contributed by atoms with Gasteiger partial charge < -0.3 is 5.32 Å². The zero-order valence-electron chi connectivity index (χ0n) is 10.9. The minimum Gasteiger partial charge on any atom is -0.345 e. The smallest absolute Gasteiger partial charge is 0.271 e. The maximum Gasteiger partial charge on any atom is 0.271 e. The Balaban J connectivity index is 1.64. The van der Waals surface area contributed by atoms with Crippen LogP contribution in [-0.2, 0) is 6.54 Å². The van der Waals surface area contributed by atoms with Crippen LogP contribution in [0.4, 0.5) is 0 Å². The topological polar surface area (TPSA) is 80.7 Å². The maximum atomic E-state index is 11.8.